The van der Waals surface area contributed by atoms with Crippen molar-refractivity contribution in [1.82, 2.24) is 0 Å². The number of halogens is 2. The van der Waals surface area contributed by atoms with Gasteiger partial charge in [-0.05, 0) is 36.4 Å². The Bertz CT molecular complexity index is 648. The molecule has 1 N–H and O–H groups in total. The van der Waals surface area contributed by atoms with Crippen LogP contribution in [0.2, 0.25) is 10.0 Å². The molecular formula is C14H8Cl2O3. The Balaban J connectivity index is 2.52. The van der Waals surface area contributed by atoms with Crippen LogP contribution in [0.1, 0.15) is 26.3 Å². The monoisotopic (exact) mass is 294 g/mol. The van der Waals surface area contributed by atoms with Crippen molar-refractivity contribution in [2.45, 2.75) is 0 Å². The number of hydrogen-bond donors (Lipinski definition) is 1. The molecule has 0 bridgehead atoms. The number of hydrogen-bond acceptors (Lipinski definition) is 3. The van der Waals surface area contributed by atoms with Gasteiger partial charge in [0.15, 0.2) is 12.1 Å². The van der Waals surface area contributed by atoms with Gasteiger partial charge in [0, 0.05) is 15.6 Å². The zero-order valence-corrected chi connectivity index (χ0v) is 11.1. The van der Waals surface area contributed by atoms with E-state index in [0.717, 1.165) is 0 Å². The number of carbonyl (C=O) groups is 2. The van der Waals surface area contributed by atoms with E-state index in [1.807, 2.05) is 0 Å². The number of ketones is 1. The minimum Gasteiger partial charge on any atom is -0.506 e. The fraction of sp³-hybridized carbons (Fsp3) is 0. The number of aldehydes is 1. The molecule has 2 rings (SSSR count). The molecule has 0 amide bonds. The second kappa shape index (κ2) is 5.43. The van der Waals surface area contributed by atoms with E-state index >= 15 is 0 Å². The fourth-order valence-electron chi connectivity index (χ4n) is 1.64. The largest absolute Gasteiger partial charge is 0.506 e. The maximum absolute atomic E-state index is 12.2. The maximum Gasteiger partial charge on any atom is 0.196 e. The Hall–Kier alpha value is -1.84. The molecule has 3 nitrogen and oxygen atoms in total. The average Bonchev–Trinajstić information content (AvgIpc) is 2.41. The highest BCUT2D eigenvalue weighted by atomic mass is 35.5. The normalized spacial score (nSPS) is 10.2. The van der Waals surface area contributed by atoms with Gasteiger partial charge in [0.2, 0.25) is 0 Å². The molecule has 0 spiro atoms. The lowest BCUT2D eigenvalue weighted by Gasteiger charge is -2.07. The van der Waals surface area contributed by atoms with Gasteiger partial charge in [0.05, 0.1) is 11.1 Å². The summed E-state index contributed by atoms with van der Waals surface area (Å²) < 4.78 is 0. The van der Waals surface area contributed by atoms with Crippen molar-refractivity contribution in [2.75, 3.05) is 0 Å². The summed E-state index contributed by atoms with van der Waals surface area (Å²) in [6.07, 6.45) is 0.444. The van der Waals surface area contributed by atoms with Gasteiger partial charge in [-0.25, -0.2) is 0 Å². The zero-order chi connectivity index (χ0) is 14.0. The predicted octanol–water partition coefficient (Wildman–Crippen LogP) is 3.74. The summed E-state index contributed by atoms with van der Waals surface area (Å²) >= 11 is 11.6. The van der Waals surface area contributed by atoms with Crippen LogP contribution in [-0.4, -0.2) is 17.2 Å². The van der Waals surface area contributed by atoms with Crippen LogP contribution in [0.5, 0.6) is 5.75 Å². The number of phenolic OH excluding ortho intramolecular Hbond substituents is 1. The smallest absolute Gasteiger partial charge is 0.196 e. The second-order valence-electron chi connectivity index (χ2n) is 3.85. The molecule has 0 unspecified atom stereocenters. The second-order valence-corrected chi connectivity index (χ2v) is 4.72. The lowest BCUT2D eigenvalue weighted by molar-refractivity contribution is 0.103. The summed E-state index contributed by atoms with van der Waals surface area (Å²) in [5.74, 6) is -0.806. The molecule has 0 aromatic heterocycles. The number of benzene rings is 2. The summed E-state index contributed by atoms with van der Waals surface area (Å²) in [4.78, 5) is 23.0. The van der Waals surface area contributed by atoms with E-state index in [4.69, 9.17) is 23.2 Å². The van der Waals surface area contributed by atoms with Crippen LogP contribution in [-0.2, 0) is 0 Å². The highest BCUT2D eigenvalue weighted by molar-refractivity contribution is 6.32. The van der Waals surface area contributed by atoms with E-state index in [1.165, 1.54) is 24.3 Å². The van der Waals surface area contributed by atoms with E-state index < -0.39 is 5.78 Å². The Labute approximate surface area is 119 Å². The zero-order valence-electron chi connectivity index (χ0n) is 9.56. The van der Waals surface area contributed by atoms with Gasteiger partial charge < -0.3 is 5.11 Å². The summed E-state index contributed by atoms with van der Waals surface area (Å²) in [5, 5.41) is 10.6. The first-order valence-electron chi connectivity index (χ1n) is 5.31. The predicted molar refractivity (Wildman–Crippen MR) is 73.4 cm³/mol. The first-order chi connectivity index (χ1) is 9.02. The Kier molecular flexibility index (Phi) is 3.88. The molecule has 19 heavy (non-hydrogen) atoms. The Morgan fingerprint density at radius 2 is 1.68 bits per heavy atom. The molecule has 0 heterocycles. The molecule has 0 fully saturated rings. The maximum atomic E-state index is 12.2. The molecule has 0 saturated carbocycles. The molecule has 0 aliphatic rings. The molecule has 2 aromatic carbocycles. The van der Waals surface area contributed by atoms with E-state index in [0.29, 0.717) is 16.9 Å². The molecular weight excluding hydrogens is 287 g/mol. The third-order valence-corrected chi connectivity index (χ3v) is 3.05. The van der Waals surface area contributed by atoms with Crippen LogP contribution >= 0.6 is 23.2 Å². The molecule has 96 valence electrons. The summed E-state index contributed by atoms with van der Waals surface area (Å²) in [6.45, 7) is 0. The summed E-state index contributed by atoms with van der Waals surface area (Å²) in [5.41, 5.74) is 0.306. The van der Waals surface area contributed by atoms with Crippen molar-refractivity contribution in [3.8, 4) is 5.75 Å². The van der Waals surface area contributed by atoms with Crippen molar-refractivity contribution in [2.24, 2.45) is 0 Å². The highest BCUT2D eigenvalue weighted by Crippen LogP contribution is 2.28. The number of rotatable bonds is 3. The van der Waals surface area contributed by atoms with Gasteiger partial charge in [0.1, 0.15) is 5.75 Å². The molecule has 0 aliphatic carbocycles. The molecule has 2 aromatic rings. The topological polar surface area (TPSA) is 54.4 Å². The van der Waals surface area contributed by atoms with Crippen molar-refractivity contribution in [1.29, 1.82) is 0 Å². The van der Waals surface area contributed by atoms with E-state index in [2.05, 4.69) is 0 Å². The van der Waals surface area contributed by atoms with E-state index in [-0.39, 0.29) is 21.9 Å². The third-order valence-electron chi connectivity index (χ3n) is 2.58. The van der Waals surface area contributed by atoms with Crippen LogP contribution in [0.25, 0.3) is 0 Å². The van der Waals surface area contributed by atoms with Gasteiger partial charge in [-0.15, -0.1) is 0 Å². The van der Waals surface area contributed by atoms with Crippen LogP contribution < -0.4 is 0 Å². The fourth-order valence-corrected chi connectivity index (χ4v) is 1.99. The third kappa shape index (κ3) is 2.78. The van der Waals surface area contributed by atoms with E-state index in [1.54, 1.807) is 12.1 Å². The average molecular weight is 295 g/mol. The van der Waals surface area contributed by atoms with Crippen LogP contribution in [0.3, 0.4) is 0 Å². The molecule has 0 saturated heterocycles. The van der Waals surface area contributed by atoms with Gasteiger partial charge in [-0.3, -0.25) is 9.59 Å². The van der Waals surface area contributed by atoms with Gasteiger partial charge >= 0.3 is 0 Å². The number of aromatic hydroxyl groups is 1. The molecule has 0 aliphatic heterocycles. The lowest BCUT2D eigenvalue weighted by Crippen LogP contribution is -2.03. The molecule has 5 heteroatoms. The Morgan fingerprint density at radius 3 is 2.26 bits per heavy atom. The molecule has 0 atom stereocenters. The minimum atomic E-state index is -0.431. The quantitative estimate of drug-likeness (QED) is 0.693. The summed E-state index contributed by atoms with van der Waals surface area (Å²) in [7, 11) is 0. The van der Waals surface area contributed by atoms with Crippen LogP contribution in [0.4, 0.5) is 0 Å². The van der Waals surface area contributed by atoms with Gasteiger partial charge in [0.25, 0.3) is 0 Å². The van der Waals surface area contributed by atoms with Crippen LogP contribution in [0.15, 0.2) is 36.4 Å². The van der Waals surface area contributed by atoms with Crippen molar-refractivity contribution < 1.29 is 14.7 Å². The van der Waals surface area contributed by atoms with Gasteiger partial charge in [-0.2, -0.15) is 0 Å². The SMILES string of the molecule is O=Cc1cc(Cl)cc(C(=O)c2ccc(Cl)cc2)c1O. The van der Waals surface area contributed by atoms with Crippen molar-refractivity contribution in [3.63, 3.8) is 0 Å². The van der Waals surface area contributed by atoms with Crippen molar-refractivity contribution >= 4 is 35.3 Å². The standard InChI is InChI=1S/C14H8Cl2O3/c15-10-3-1-8(2-4-10)13(18)12-6-11(16)5-9(7-17)14(12)19/h1-7,19H. The Morgan fingerprint density at radius 1 is 1.05 bits per heavy atom. The molecule has 0 radical (unpaired) electrons. The highest BCUT2D eigenvalue weighted by Gasteiger charge is 2.17. The number of carbonyl (C=O) groups excluding carboxylic acids is 2. The van der Waals surface area contributed by atoms with E-state index in [9.17, 15) is 14.7 Å². The first kappa shape index (κ1) is 13.6. The lowest BCUT2D eigenvalue weighted by atomic mass is 10.0. The minimum absolute atomic E-state index is 0.0167. The summed E-state index contributed by atoms with van der Waals surface area (Å²) in [6, 6.07) is 8.81. The van der Waals surface area contributed by atoms with Gasteiger partial charge in [-0.1, -0.05) is 23.2 Å². The van der Waals surface area contributed by atoms with Crippen molar-refractivity contribution in [3.05, 3.63) is 63.1 Å². The van der Waals surface area contributed by atoms with Crippen LogP contribution in [0, 0.1) is 0 Å². The first-order valence-corrected chi connectivity index (χ1v) is 6.06. The number of phenols is 1.